The van der Waals surface area contributed by atoms with Crippen LogP contribution in [0.4, 0.5) is 0 Å². The smallest absolute Gasteiger partial charge is 0.295 e. The van der Waals surface area contributed by atoms with Crippen LogP contribution in [0.25, 0.3) is 0 Å². The first-order valence-electron chi connectivity index (χ1n) is 7.74. The second-order valence-electron chi connectivity index (χ2n) is 5.03. The fraction of sp³-hybridized carbons (Fsp3) is 0.462. The van der Waals surface area contributed by atoms with Gasteiger partial charge in [-0.05, 0) is 12.5 Å². The molecular weight excluding hydrogens is 374 g/mol. The standard InChI is InChI=1S/C13H15N3O11/c1-8(17)11(25-14(19)20)13(27-16(23)24)12(26-15(21)22)10(18)7-9-5-3-2-4-6-9/h2-6,8,11-13,17H,7H2,1H3/t8-,11-,12-,13-/m1/s1/i7D/t7?,8-,11-,12-,13-. The van der Waals surface area contributed by atoms with Gasteiger partial charge in [-0.25, -0.2) is 0 Å². The first kappa shape index (κ1) is 19.8. The van der Waals surface area contributed by atoms with Crippen molar-refractivity contribution in [1.82, 2.24) is 0 Å². The average Bonchev–Trinajstić information content (AvgIpc) is 2.61. The molecule has 0 radical (unpaired) electrons. The first-order chi connectivity index (χ1) is 13.0. The largest absolute Gasteiger partial charge is 0.391 e. The van der Waals surface area contributed by atoms with Crippen molar-refractivity contribution in [2.24, 2.45) is 0 Å². The summed E-state index contributed by atoms with van der Waals surface area (Å²) in [5, 5.41) is 37.4. The van der Waals surface area contributed by atoms with Crippen molar-refractivity contribution < 1.29 is 41.0 Å². The lowest BCUT2D eigenvalue weighted by Gasteiger charge is -2.29. The number of nitrogens with zero attached hydrogens (tertiary/aromatic N) is 3. The lowest BCUT2D eigenvalue weighted by molar-refractivity contribution is -0.815. The molecule has 148 valence electrons. The minimum atomic E-state index is -2.48. The van der Waals surface area contributed by atoms with E-state index in [0.29, 0.717) is 0 Å². The minimum absolute atomic E-state index is 0.0630. The number of hydrogen-bond donors (Lipinski definition) is 1. The molecule has 0 bridgehead atoms. The van der Waals surface area contributed by atoms with Crippen LogP contribution in [0, 0.1) is 30.3 Å². The highest BCUT2D eigenvalue weighted by atomic mass is 17.0. The molecule has 1 unspecified atom stereocenters. The van der Waals surface area contributed by atoms with E-state index >= 15 is 0 Å². The van der Waals surface area contributed by atoms with Gasteiger partial charge in [-0.15, -0.1) is 30.3 Å². The number of hydrogen-bond acceptors (Lipinski definition) is 11. The van der Waals surface area contributed by atoms with Crippen LogP contribution in [0.2, 0.25) is 0 Å². The zero-order valence-corrected chi connectivity index (χ0v) is 13.6. The van der Waals surface area contributed by atoms with Crippen molar-refractivity contribution in [3.8, 4) is 0 Å². The predicted molar refractivity (Wildman–Crippen MR) is 82.4 cm³/mol. The number of Topliss-reactive ketones (excluding diaryl/α,β-unsaturated/α-hetero) is 1. The summed E-state index contributed by atoms with van der Waals surface area (Å²) < 4.78 is 7.94. The molecule has 0 saturated heterocycles. The summed E-state index contributed by atoms with van der Waals surface area (Å²) in [6.07, 6.45) is -10.8. The van der Waals surface area contributed by atoms with E-state index in [0.717, 1.165) is 6.92 Å². The molecule has 0 amide bonds. The number of rotatable bonds is 12. The Kier molecular flexibility index (Phi) is 7.18. The highest BCUT2D eigenvalue weighted by Crippen LogP contribution is 2.19. The van der Waals surface area contributed by atoms with E-state index in [-0.39, 0.29) is 5.56 Å². The van der Waals surface area contributed by atoms with Crippen LogP contribution in [-0.4, -0.2) is 50.6 Å². The normalized spacial score (nSPS) is 16.6. The van der Waals surface area contributed by atoms with E-state index < -0.39 is 51.9 Å². The summed E-state index contributed by atoms with van der Waals surface area (Å²) in [4.78, 5) is 57.1. The van der Waals surface area contributed by atoms with Crippen molar-refractivity contribution in [2.75, 3.05) is 0 Å². The summed E-state index contributed by atoms with van der Waals surface area (Å²) in [5.41, 5.74) is 0.0630. The Labute approximate surface area is 152 Å². The second-order valence-corrected chi connectivity index (χ2v) is 5.03. The van der Waals surface area contributed by atoms with Gasteiger partial charge in [0, 0.05) is 7.77 Å². The lowest BCUT2D eigenvalue weighted by atomic mass is 9.97. The van der Waals surface area contributed by atoms with Gasteiger partial charge in [0.05, 0.1) is 6.10 Å². The molecule has 0 aliphatic heterocycles. The molecule has 0 aromatic heterocycles. The molecule has 1 rings (SSSR count). The molecule has 5 atom stereocenters. The Morgan fingerprint density at radius 3 is 1.96 bits per heavy atom. The first-order valence-corrected chi connectivity index (χ1v) is 7.17. The van der Waals surface area contributed by atoms with Gasteiger partial charge in [0.1, 0.15) is 0 Å². The summed E-state index contributed by atoms with van der Waals surface area (Å²) in [6.45, 7) is 0.910. The van der Waals surface area contributed by atoms with Crippen LogP contribution in [0.15, 0.2) is 30.3 Å². The highest BCUT2D eigenvalue weighted by Gasteiger charge is 2.44. The van der Waals surface area contributed by atoms with Gasteiger partial charge >= 0.3 is 0 Å². The summed E-state index contributed by atoms with van der Waals surface area (Å²) >= 11 is 0. The Balaban J connectivity index is 3.35. The van der Waals surface area contributed by atoms with Gasteiger partial charge in [0.15, 0.2) is 24.1 Å². The Morgan fingerprint density at radius 2 is 1.52 bits per heavy atom. The zero-order chi connectivity index (χ0) is 21.4. The topological polar surface area (TPSA) is 194 Å². The third kappa shape index (κ3) is 7.07. The molecule has 14 heteroatoms. The maximum absolute atomic E-state index is 12.6. The van der Waals surface area contributed by atoms with E-state index in [1.165, 1.54) is 24.3 Å². The molecule has 0 aliphatic carbocycles. The van der Waals surface area contributed by atoms with E-state index in [1.54, 1.807) is 6.07 Å². The number of benzene rings is 1. The molecule has 27 heavy (non-hydrogen) atoms. The zero-order valence-electron chi connectivity index (χ0n) is 14.6. The van der Waals surface area contributed by atoms with E-state index in [4.69, 9.17) is 1.37 Å². The average molecular weight is 390 g/mol. The summed E-state index contributed by atoms with van der Waals surface area (Å²) in [5.74, 6) is -1.38. The maximum atomic E-state index is 12.6. The molecule has 14 nitrogen and oxygen atoms in total. The third-order valence-corrected chi connectivity index (χ3v) is 3.10. The SMILES string of the molecule is [2H]C(C(=O)[C@@H](O[N+](=O)[O-])[C@H](O[N+](=O)[O-])[C@H](O[N+](=O)[O-])[C@@H](C)O)c1ccccc1. The number of aliphatic hydroxyl groups is 1. The fourth-order valence-electron chi connectivity index (χ4n) is 2.07. The second kappa shape index (κ2) is 9.81. The van der Waals surface area contributed by atoms with E-state index in [2.05, 4.69) is 14.5 Å². The molecule has 1 aromatic carbocycles. The van der Waals surface area contributed by atoms with Crippen LogP contribution in [0.5, 0.6) is 0 Å². The van der Waals surface area contributed by atoms with E-state index in [9.17, 15) is 40.2 Å². The fourth-order valence-corrected chi connectivity index (χ4v) is 2.07. The predicted octanol–water partition coefficient (Wildman–Crippen LogP) is -0.0903. The lowest BCUT2D eigenvalue weighted by Crippen LogP contribution is -2.53. The van der Waals surface area contributed by atoms with Gasteiger partial charge < -0.3 is 19.6 Å². The quantitative estimate of drug-likeness (QED) is 0.370. The van der Waals surface area contributed by atoms with Gasteiger partial charge in [-0.2, -0.15) is 0 Å². The Morgan fingerprint density at radius 1 is 1.04 bits per heavy atom. The number of aliphatic hydroxyl groups excluding tert-OH is 1. The molecule has 0 spiro atoms. The van der Waals surface area contributed by atoms with Crippen LogP contribution < -0.4 is 0 Å². The Bertz CT molecular complexity index is 717. The van der Waals surface area contributed by atoms with E-state index in [1.807, 2.05) is 0 Å². The van der Waals surface area contributed by atoms with Crippen LogP contribution in [-0.2, 0) is 25.7 Å². The summed E-state index contributed by atoms with van der Waals surface area (Å²) in [7, 11) is 0. The molecule has 1 N–H and O–H groups in total. The number of ketones is 1. The highest BCUT2D eigenvalue weighted by molar-refractivity contribution is 5.85. The third-order valence-electron chi connectivity index (χ3n) is 3.10. The molecule has 1 aromatic rings. The van der Waals surface area contributed by atoms with Crippen molar-refractivity contribution in [3.05, 3.63) is 66.2 Å². The minimum Gasteiger partial charge on any atom is -0.391 e. The molecule has 0 fully saturated rings. The van der Waals surface area contributed by atoms with Crippen molar-refractivity contribution >= 4 is 5.78 Å². The van der Waals surface area contributed by atoms with Crippen LogP contribution in [0.3, 0.4) is 0 Å². The molecular formula is C13H15N3O11. The van der Waals surface area contributed by atoms with Gasteiger partial charge in [0.25, 0.3) is 15.3 Å². The number of carbonyl (C=O) groups is 1. The van der Waals surface area contributed by atoms with Gasteiger partial charge in [-0.3, -0.25) is 4.79 Å². The van der Waals surface area contributed by atoms with Crippen molar-refractivity contribution in [1.29, 1.82) is 0 Å². The number of carbonyl (C=O) groups excluding carboxylic acids is 1. The maximum Gasteiger partial charge on any atom is 0.295 e. The van der Waals surface area contributed by atoms with Crippen molar-refractivity contribution in [2.45, 2.75) is 37.7 Å². The van der Waals surface area contributed by atoms with Crippen molar-refractivity contribution in [3.63, 3.8) is 0 Å². The van der Waals surface area contributed by atoms with Gasteiger partial charge in [-0.1, -0.05) is 30.3 Å². The monoisotopic (exact) mass is 390 g/mol. The van der Waals surface area contributed by atoms with Gasteiger partial charge in [0.2, 0.25) is 0 Å². The molecule has 0 saturated carbocycles. The Hall–Kier alpha value is -3.55. The molecule has 0 aliphatic rings. The van der Waals surface area contributed by atoms with Crippen LogP contribution >= 0.6 is 0 Å². The molecule has 0 heterocycles. The van der Waals surface area contributed by atoms with Crippen LogP contribution in [0.1, 0.15) is 13.9 Å². The summed E-state index contributed by atoms with van der Waals surface area (Å²) in [6, 6.07) is 7.17.